The van der Waals surface area contributed by atoms with Crippen LogP contribution in [0.1, 0.15) is 32.9 Å². The molecule has 0 bridgehead atoms. The number of likely N-dealkylation sites (tertiary alicyclic amines) is 1. The molecule has 1 aliphatic heterocycles. The largest absolute Gasteiger partial charge is 0.497 e. The van der Waals surface area contributed by atoms with E-state index in [4.69, 9.17) is 9.47 Å². The van der Waals surface area contributed by atoms with Crippen molar-refractivity contribution in [3.05, 3.63) is 52.2 Å². The molecule has 1 saturated heterocycles. The van der Waals surface area contributed by atoms with Crippen molar-refractivity contribution in [3.63, 3.8) is 0 Å². The number of benzene rings is 1. The SMILES string of the molecule is COCCNC(=O)C(NC(=O)c1cccc(OC)c1)C1CCN(C(=O)c2cccs2)CC1. The maximum atomic E-state index is 12.9. The first-order chi connectivity index (χ1) is 15.5. The van der Waals surface area contributed by atoms with Crippen LogP contribution in [0, 0.1) is 5.92 Å². The Balaban J connectivity index is 1.68. The number of thiophene rings is 1. The minimum atomic E-state index is -0.704. The van der Waals surface area contributed by atoms with Crippen LogP contribution >= 0.6 is 11.3 Å². The molecule has 3 amide bonds. The first-order valence-corrected chi connectivity index (χ1v) is 11.5. The first-order valence-electron chi connectivity index (χ1n) is 10.6. The molecule has 2 heterocycles. The van der Waals surface area contributed by atoms with Crippen LogP contribution < -0.4 is 15.4 Å². The van der Waals surface area contributed by atoms with Gasteiger partial charge in [-0.15, -0.1) is 11.3 Å². The molecule has 2 N–H and O–H groups in total. The maximum absolute atomic E-state index is 12.9. The summed E-state index contributed by atoms with van der Waals surface area (Å²) in [5.74, 6) is -0.0900. The molecule has 1 atom stereocenters. The predicted molar refractivity (Wildman–Crippen MR) is 122 cm³/mol. The molecular weight excluding hydrogens is 430 g/mol. The van der Waals surface area contributed by atoms with Crippen LogP contribution in [-0.4, -0.2) is 69.1 Å². The molecule has 1 unspecified atom stereocenters. The Morgan fingerprint density at radius 3 is 2.59 bits per heavy atom. The van der Waals surface area contributed by atoms with Gasteiger partial charge in [0, 0.05) is 32.3 Å². The number of carbonyl (C=O) groups excluding carboxylic acids is 3. The van der Waals surface area contributed by atoms with Crippen LogP contribution in [0.2, 0.25) is 0 Å². The van der Waals surface area contributed by atoms with Gasteiger partial charge in [-0.25, -0.2) is 0 Å². The van der Waals surface area contributed by atoms with Gasteiger partial charge in [-0.1, -0.05) is 12.1 Å². The third-order valence-electron chi connectivity index (χ3n) is 5.54. The second-order valence-electron chi connectivity index (χ2n) is 7.57. The van der Waals surface area contributed by atoms with E-state index in [0.29, 0.717) is 55.3 Å². The third kappa shape index (κ3) is 6.08. The van der Waals surface area contributed by atoms with Gasteiger partial charge in [0.05, 0.1) is 18.6 Å². The van der Waals surface area contributed by atoms with Crippen molar-refractivity contribution in [2.45, 2.75) is 18.9 Å². The zero-order chi connectivity index (χ0) is 22.9. The minimum absolute atomic E-state index is 0.0139. The average Bonchev–Trinajstić information content (AvgIpc) is 3.37. The van der Waals surface area contributed by atoms with E-state index in [2.05, 4.69) is 10.6 Å². The second kappa shape index (κ2) is 11.6. The molecule has 0 aliphatic carbocycles. The predicted octanol–water partition coefficient (Wildman–Crippen LogP) is 2.17. The lowest BCUT2D eigenvalue weighted by molar-refractivity contribution is -0.124. The van der Waals surface area contributed by atoms with Crippen molar-refractivity contribution in [3.8, 4) is 5.75 Å². The van der Waals surface area contributed by atoms with Gasteiger partial charge in [0.1, 0.15) is 11.8 Å². The van der Waals surface area contributed by atoms with E-state index in [1.165, 1.54) is 18.4 Å². The van der Waals surface area contributed by atoms with Crippen LogP contribution in [0.3, 0.4) is 0 Å². The Labute approximate surface area is 191 Å². The Morgan fingerprint density at radius 1 is 1.16 bits per heavy atom. The number of amides is 3. The third-order valence-corrected chi connectivity index (χ3v) is 6.39. The molecule has 0 radical (unpaired) electrons. The summed E-state index contributed by atoms with van der Waals surface area (Å²) in [5.41, 5.74) is 0.421. The highest BCUT2D eigenvalue weighted by atomic mass is 32.1. The van der Waals surface area contributed by atoms with E-state index in [-0.39, 0.29) is 23.6 Å². The lowest BCUT2D eigenvalue weighted by Gasteiger charge is -2.35. The van der Waals surface area contributed by atoms with E-state index in [1.807, 2.05) is 22.4 Å². The fraction of sp³-hybridized carbons (Fsp3) is 0.435. The van der Waals surface area contributed by atoms with Crippen molar-refractivity contribution in [2.24, 2.45) is 5.92 Å². The molecule has 2 aromatic rings. The summed E-state index contributed by atoms with van der Waals surface area (Å²) in [6, 6.07) is 9.78. The molecule has 9 heteroatoms. The highest BCUT2D eigenvalue weighted by Crippen LogP contribution is 2.24. The molecular formula is C23H29N3O5S. The van der Waals surface area contributed by atoms with E-state index in [0.717, 1.165) is 0 Å². The molecule has 172 valence electrons. The molecule has 1 aromatic carbocycles. The number of carbonyl (C=O) groups is 3. The summed E-state index contributed by atoms with van der Waals surface area (Å²) in [6.45, 7) is 1.82. The highest BCUT2D eigenvalue weighted by Gasteiger charge is 2.34. The van der Waals surface area contributed by atoms with Crippen LogP contribution in [-0.2, 0) is 9.53 Å². The zero-order valence-corrected chi connectivity index (χ0v) is 19.2. The summed E-state index contributed by atoms with van der Waals surface area (Å²) in [6.07, 6.45) is 1.25. The molecule has 0 saturated carbocycles. The lowest BCUT2D eigenvalue weighted by Crippen LogP contribution is -2.54. The summed E-state index contributed by atoms with van der Waals surface area (Å²) >= 11 is 1.42. The van der Waals surface area contributed by atoms with Gasteiger partial charge in [-0.2, -0.15) is 0 Å². The van der Waals surface area contributed by atoms with Crippen LogP contribution in [0.4, 0.5) is 0 Å². The molecule has 1 aromatic heterocycles. The molecule has 32 heavy (non-hydrogen) atoms. The Bertz CT molecular complexity index is 910. The van der Waals surface area contributed by atoms with Crippen molar-refractivity contribution in [2.75, 3.05) is 40.5 Å². The number of nitrogens with zero attached hydrogens (tertiary/aromatic N) is 1. The van der Waals surface area contributed by atoms with Crippen molar-refractivity contribution in [1.82, 2.24) is 15.5 Å². The Hall–Kier alpha value is -2.91. The van der Waals surface area contributed by atoms with E-state index >= 15 is 0 Å². The van der Waals surface area contributed by atoms with Gasteiger partial charge in [0.15, 0.2) is 0 Å². The number of nitrogens with one attached hydrogen (secondary N) is 2. The summed E-state index contributed by atoms with van der Waals surface area (Å²) in [4.78, 5) is 41.0. The average molecular weight is 460 g/mol. The normalized spacial score (nSPS) is 15.1. The second-order valence-corrected chi connectivity index (χ2v) is 8.52. The van der Waals surface area contributed by atoms with E-state index < -0.39 is 6.04 Å². The van der Waals surface area contributed by atoms with Crippen molar-refractivity contribution in [1.29, 1.82) is 0 Å². The topological polar surface area (TPSA) is 97.0 Å². The quantitative estimate of drug-likeness (QED) is 0.560. The fourth-order valence-electron chi connectivity index (χ4n) is 3.76. The standard InChI is InChI=1S/C23H29N3O5S/c1-30-13-10-24-22(28)20(25-21(27)17-5-3-6-18(15-17)31-2)16-8-11-26(12-9-16)23(29)19-7-4-14-32-19/h3-7,14-16,20H,8-13H2,1-2H3,(H,24,28)(H,25,27). The molecule has 0 spiro atoms. The van der Waals surface area contributed by atoms with Gasteiger partial charge >= 0.3 is 0 Å². The van der Waals surface area contributed by atoms with Crippen molar-refractivity contribution < 1.29 is 23.9 Å². The Kier molecular flexibility index (Phi) is 8.64. The summed E-state index contributed by atoms with van der Waals surface area (Å²) in [7, 11) is 3.10. The molecule has 8 nitrogen and oxygen atoms in total. The number of hydrogen-bond acceptors (Lipinski definition) is 6. The van der Waals surface area contributed by atoms with Crippen molar-refractivity contribution >= 4 is 29.1 Å². The van der Waals surface area contributed by atoms with E-state index in [1.54, 1.807) is 31.4 Å². The van der Waals surface area contributed by atoms with Gasteiger partial charge in [0.2, 0.25) is 5.91 Å². The van der Waals surface area contributed by atoms with Gasteiger partial charge in [-0.3, -0.25) is 14.4 Å². The number of piperidine rings is 1. The van der Waals surface area contributed by atoms with Crippen LogP contribution in [0.15, 0.2) is 41.8 Å². The molecule has 1 aliphatic rings. The van der Waals surface area contributed by atoms with Gasteiger partial charge in [0.25, 0.3) is 11.8 Å². The van der Waals surface area contributed by atoms with Gasteiger partial charge < -0.3 is 25.0 Å². The monoisotopic (exact) mass is 459 g/mol. The number of hydrogen-bond donors (Lipinski definition) is 2. The summed E-state index contributed by atoms with van der Waals surface area (Å²) in [5, 5.41) is 7.62. The van der Waals surface area contributed by atoms with Crippen LogP contribution in [0.25, 0.3) is 0 Å². The fourth-order valence-corrected chi connectivity index (χ4v) is 4.46. The number of ether oxygens (including phenoxy) is 2. The molecule has 1 fully saturated rings. The maximum Gasteiger partial charge on any atom is 0.263 e. The van der Waals surface area contributed by atoms with Gasteiger partial charge in [-0.05, 0) is 48.4 Å². The first kappa shape index (κ1) is 23.7. The number of rotatable bonds is 9. The molecule has 3 rings (SSSR count). The van der Waals surface area contributed by atoms with E-state index in [9.17, 15) is 14.4 Å². The number of methoxy groups -OCH3 is 2. The summed E-state index contributed by atoms with van der Waals surface area (Å²) < 4.78 is 10.2. The minimum Gasteiger partial charge on any atom is -0.497 e. The Morgan fingerprint density at radius 2 is 1.94 bits per heavy atom. The zero-order valence-electron chi connectivity index (χ0n) is 18.3. The highest BCUT2D eigenvalue weighted by molar-refractivity contribution is 7.12. The smallest absolute Gasteiger partial charge is 0.263 e. The lowest BCUT2D eigenvalue weighted by atomic mass is 9.88. The van der Waals surface area contributed by atoms with Crippen LogP contribution in [0.5, 0.6) is 5.75 Å².